The first-order valence-electron chi connectivity index (χ1n) is 7.37. The summed E-state index contributed by atoms with van der Waals surface area (Å²) >= 11 is 1.69. The van der Waals surface area contributed by atoms with Gasteiger partial charge in [0.25, 0.3) is 0 Å². The summed E-state index contributed by atoms with van der Waals surface area (Å²) in [6.45, 7) is 2.44. The Morgan fingerprint density at radius 3 is 3.24 bits per heavy atom. The lowest BCUT2D eigenvalue weighted by Gasteiger charge is -2.24. The van der Waals surface area contributed by atoms with Crippen LogP contribution in [0.2, 0.25) is 0 Å². The zero-order valence-electron chi connectivity index (χ0n) is 11.9. The van der Waals surface area contributed by atoms with Crippen molar-refractivity contribution in [2.24, 2.45) is 0 Å². The molecule has 1 aliphatic rings. The minimum Gasteiger partial charge on any atom is -0.338 e. The van der Waals surface area contributed by atoms with Gasteiger partial charge in [0.2, 0.25) is 0 Å². The number of thiophene rings is 1. The number of carbonyl (C=O) groups excluding carboxylic acids is 1. The summed E-state index contributed by atoms with van der Waals surface area (Å²) in [5.74, 6) is 0. The summed E-state index contributed by atoms with van der Waals surface area (Å²) in [6, 6.07) is 2.44. The Morgan fingerprint density at radius 1 is 1.52 bits per heavy atom. The van der Waals surface area contributed by atoms with Crippen molar-refractivity contribution in [1.82, 2.24) is 19.8 Å². The quantitative estimate of drug-likeness (QED) is 0.864. The van der Waals surface area contributed by atoms with Crippen LogP contribution < -0.4 is 5.32 Å². The molecule has 5 nitrogen and oxygen atoms in total. The molecule has 2 aromatic rings. The minimum atomic E-state index is 0.0642. The van der Waals surface area contributed by atoms with Crippen LogP contribution in [0.1, 0.15) is 30.9 Å². The van der Waals surface area contributed by atoms with E-state index in [1.54, 1.807) is 23.9 Å². The van der Waals surface area contributed by atoms with Crippen LogP contribution >= 0.6 is 11.3 Å². The standard InChI is InChI=1S/C15H20N4OS/c20-15(17-5-2-7-18-9-6-16-12-18)19-8-1-3-14(19)13-4-10-21-11-13/h4,6,9-12,14H,1-3,5,7-8H2,(H,17,20). The lowest BCUT2D eigenvalue weighted by atomic mass is 10.1. The van der Waals surface area contributed by atoms with E-state index in [-0.39, 0.29) is 12.1 Å². The maximum Gasteiger partial charge on any atom is 0.317 e. The van der Waals surface area contributed by atoms with Crippen LogP contribution in [0.5, 0.6) is 0 Å². The first-order valence-corrected chi connectivity index (χ1v) is 8.31. The number of nitrogens with zero attached hydrogens (tertiary/aromatic N) is 3. The maximum atomic E-state index is 12.3. The topological polar surface area (TPSA) is 50.2 Å². The van der Waals surface area contributed by atoms with Crippen LogP contribution in [0.3, 0.4) is 0 Å². The molecule has 3 rings (SSSR count). The highest BCUT2D eigenvalue weighted by molar-refractivity contribution is 7.07. The van der Waals surface area contributed by atoms with Gasteiger partial charge in [-0.1, -0.05) is 0 Å². The van der Waals surface area contributed by atoms with E-state index in [2.05, 4.69) is 27.1 Å². The molecule has 0 aromatic carbocycles. The molecule has 1 aliphatic heterocycles. The molecule has 0 aliphatic carbocycles. The minimum absolute atomic E-state index is 0.0642. The number of aryl methyl sites for hydroxylation is 1. The smallest absolute Gasteiger partial charge is 0.317 e. The number of carbonyl (C=O) groups is 1. The second-order valence-electron chi connectivity index (χ2n) is 5.29. The van der Waals surface area contributed by atoms with Crippen LogP contribution in [-0.2, 0) is 6.54 Å². The second-order valence-corrected chi connectivity index (χ2v) is 6.07. The Balaban J connectivity index is 1.46. The summed E-state index contributed by atoms with van der Waals surface area (Å²) in [5.41, 5.74) is 1.27. The molecule has 0 radical (unpaired) electrons. The van der Waals surface area contributed by atoms with Crippen LogP contribution in [0, 0.1) is 0 Å². The predicted octanol–water partition coefficient (Wildman–Crippen LogP) is 2.88. The van der Waals surface area contributed by atoms with Crippen molar-refractivity contribution >= 4 is 17.4 Å². The normalized spacial score (nSPS) is 18.1. The van der Waals surface area contributed by atoms with Crippen molar-refractivity contribution in [2.45, 2.75) is 31.8 Å². The molecule has 0 spiro atoms. The number of imidazole rings is 1. The average molecular weight is 304 g/mol. The first kappa shape index (κ1) is 14.1. The fourth-order valence-corrected chi connectivity index (χ4v) is 3.51. The van der Waals surface area contributed by atoms with Gasteiger partial charge in [-0.3, -0.25) is 0 Å². The van der Waals surface area contributed by atoms with Gasteiger partial charge >= 0.3 is 6.03 Å². The van der Waals surface area contributed by atoms with Crippen molar-refractivity contribution in [3.8, 4) is 0 Å². The van der Waals surface area contributed by atoms with Gasteiger partial charge < -0.3 is 14.8 Å². The number of hydrogen-bond donors (Lipinski definition) is 1. The van der Waals surface area contributed by atoms with E-state index >= 15 is 0 Å². The molecule has 0 bridgehead atoms. The van der Waals surface area contributed by atoms with Gasteiger partial charge in [-0.25, -0.2) is 9.78 Å². The Bertz CT molecular complexity index is 552. The van der Waals surface area contributed by atoms with E-state index in [9.17, 15) is 4.79 Å². The Labute approximate surface area is 128 Å². The van der Waals surface area contributed by atoms with Gasteiger partial charge in [-0.05, 0) is 41.7 Å². The molecule has 1 N–H and O–H groups in total. The summed E-state index contributed by atoms with van der Waals surface area (Å²) in [6.07, 6.45) is 8.58. The van der Waals surface area contributed by atoms with E-state index in [1.807, 2.05) is 15.7 Å². The molecule has 1 unspecified atom stereocenters. The monoisotopic (exact) mass is 304 g/mol. The highest BCUT2D eigenvalue weighted by Crippen LogP contribution is 2.32. The van der Waals surface area contributed by atoms with Crippen LogP contribution in [-0.4, -0.2) is 33.6 Å². The van der Waals surface area contributed by atoms with E-state index in [4.69, 9.17) is 0 Å². The third-order valence-corrected chi connectivity index (χ3v) is 4.57. The van der Waals surface area contributed by atoms with Crippen LogP contribution in [0.15, 0.2) is 35.5 Å². The largest absolute Gasteiger partial charge is 0.338 e. The van der Waals surface area contributed by atoms with Crippen molar-refractivity contribution in [1.29, 1.82) is 0 Å². The average Bonchev–Trinajstić information content (AvgIpc) is 3.24. The number of rotatable bonds is 5. The molecule has 0 saturated carbocycles. The third kappa shape index (κ3) is 3.44. The lowest BCUT2D eigenvalue weighted by molar-refractivity contribution is 0.193. The molecular formula is C15H20N4OS. The molecule has 1 fully saturated rings. The first-order chi connectivity index (χ1) is 10.3. The van der Waals surface area contributed by atoms with Crippen molar-refractivity contribution in [3.05, 3.63) is 41.1 Å². The van der Waals surface area contributed by atoms with Crippen molar-refractivity contribution < 1.29 is 4.79 Å². The molecule has 112 valence electrons. The zero-order valence-corrected chi connectivity index (χ0v) is 12.8. The summed E-state index contributed by atoms with van der Waals surface area (Å²) in [7, 11) is 0. The van der Waals surface area contributed by atoms with Gasteiger partial charge in [0.15, 0.2) is 0 Å². The number of urea groups is 1. The molecule has 2 amide bonds. The molecule has 21 heavy (non-hydrogen) atoms. The number of hydrogen-bond acceptors (Lipinski definition) is 3. The molecule has 1 atom stereocenters. The maximum absolute atomic E-state index is 12.3. The molecule has 1 saturated heterocycles. The highest BCUT2D eigenvalue weighted by atomic mass is 32.1. The third-order valence-electron chi connectivity index (χ3n) is 3.87. The number of likely N-dealkylation sites (tertiary alicyclic amines) is 1. The molecule has 2 aromatic heterocycles. The Kier molecular flexibility index (Phi) is 4.55. The second kappa shape index (κ2) is 6.76. The Hall–Kier alpha value is -1.82. The summed E-state index contributed by atoms with van der Waals surface area (Å²) in [4.78, 5) is 18.3. The van der Waals surface area contributed by atoms with Gasteiger partial charge in [0.05, 0.1) is 12.4 Å². The van der Waals surface area contributed by atoms with Gasteiger partial charge in [-0.2, -0.15) is 11.3 Å². The fourth-order valence-electron chi connectivity index (χ4n) is 2.80. The number of aromatic nitrogens is 2. The fraction of sp³-hybridized carbons (Fsp3) is 0.467. The molecule has 6 heteroatoms. The van der Waals surface area contributed by atoms with Crippen LogP contribution in [0.4, 0.5) is 4.79 Å². The highest BCUT2D eigenvalue weighted by Gasteiger charge is 2.29. The number of nitrogens with one attached hydrogen (secondary N) is 1. The van der Waals surface area contributed by atoms with Gasteiger partial charge in [0.1, 0.15) is 0 Å². The van der Waals surface area contributed by atoms with E-state index < -0.39 is 0 Å². The van der Waals surface area contributed by atoms with Crippen molar-refractivity contribution in [2.75, 3.05) is 13.1 Å². The molecule has 3 heterocycles. The molecular weight excluding hydrogens is 284 g/mol. The zero-order chi connectivity index (χ0) is 14.5. The summed E-state index contributed by atoms with van der Waals surface area (Å²) in [5, 5.41) is 7.26. The van der Waals surface area contributed by atoms with Crippen molar-refractivity contribution in [3.63, 3.8) is 0 Å². The van der Waals surface area contributed by atoms with Gasteiger partial charge in [-0.15, -0.1) is 0 Å². The predicted molar refractivity (Wildman–Crippen MR) is 83.2 cm³/mol. The Morgan fingerprint density at radius 2 is 2.48 bits per heavy atom. The van der Waals surface area contributed by atoms with E-state index in [0.29, 0.717) is 6.54 Å². The lowest BCUT2D eigenvalue weighted by Crippen LogP contribution is -2.39. The summed E-state index contributed by atoms with van der Waals surface area (Å²) < 4.78 is 2.02. The SMILES string of the molecule is O=C(NCCCn1ccnc1)N1CCCC1c1ccsc1. The van der Waals surface area contributed by atoms with Crippen LogP contribution in [0.25, 0.3) is 0 Å². The van der Waals surface area contributed by atoms with E-state index in [1.165, 1.54) is 5.56 Å². The van der Waals surface area contributed by atoms with Gasteiger partial charge in [0, 0.05) is 32.0 Å². The number of amides is 2. The van der Waals surface area contributed by atoms with E-state index in [0.717, 1.165) is 32.4 Å².